The molecule has 3 aromatic carbocycles. The fourth-order valence-electron chi connectivity index (χ4n) is 3.60. The summed E-state index contributed by atoms with van der Waals surface area (Å²) in [7, 11) is 0. The normalized spacial score (nSPS) is 11.2. The van der Waals surface area contributed by atoms with Gasteiger partial charge in [0.05, 0.1) is 17.4 Å². The first kappa shape index (κ1) is 23.8. The molecule has 0 fully saturated rings. The van der Waals surface area contributed by atoms with Gasteiger partial charge in [-0.05, 0) is 56.2 Å². The van der Waals surface area contributed by atoms with Crippen LogP contribution in [0.15, 0.2) is 85.2 Å². The van der Waals surface area contributed by atoms with E-state index in [1.165, 1.54) is 13.8 Å². The van der Waals surface area contributed by atoms with Crippen molar-refractivity contribution in [1.29, 1.82) is 0 Å². The van der Waals surface area contributed by atoms with Gasteiger partial charge in [0.2, 0.25) is 0 Å². The Balaban J connectivity index is 1.45. The number of carbonyl (C=O) groups excluding carboxylic acids is 1. The van der Waals surface area contributed by atoms with Gasteiger partial charge in [-0.1, -0.05) is 48.5 Å². The Bertz CT molecular complexity index is 1340. The van der Waals surface area contributed by atoms with Crippen molar-refractivity contribution in [2.75, 3.05) is 0 Å². The van der Waals surface area contributed by atoms with Crippen LogP contribution in [-0.2, 0) is 16.1 Å². The van der Waals surface area contributed by atoms with Gasteiger partial charge in [-0.15, -0.1) is 0 Å². The summed E-state index contributed by atoms with van der Waals surface area (Å²) in [4.78, 5) is 23.7. The van der Waals surface area contributed by atoms with Crippen LogP contribution in [-0.4, -0.2) is 32.4 Å². The Kier molecular flexibility index (Phi) is 6.68. The lowest BCUT2D eigenvalue weighted by Gasteiger charge is -2.21. The van der Waals surface area contributed by atoms with Gasteiger partial charge in [0.25, 0.3) is 0 Å². The van der Waals surface area contributed by atoms with E-state index in [1.54, 1.807) is 35.1 Å². The fraction of sp³-hybridized carbons (Fsp3) is 0.179. The number of esters is 1. The van der Waals surface area contributed by atoms with Gasteiger partial charge in [-0.2, -0.15) is 5.10 Å². The van der Waals surface area contributed by atoms with E-state index in [2.05, 4.69) is 23.3 Å². The maximum atomic E-state index is 12.5. The number of hydrogen-bond donors (Lipinski definition) is 1. The van der Waals surface area contributed by atoms with Crippen LogP contribution in [0.2, 0.25) is 0 Å². The number of aryl methyl sites for hydroxylation is 1. The van der Waals surface area contributed by atoms with Crippen LogP contribution in [0.5, 0.6) is 5.75 Å². The number of carboxylic acids is 1. The zero-order chi connectivity index (χ0) is 25.0. The summed E-state index contributed by atoms with van der Waals surface area (Å²) in [5, 5.41) is 13.7. The van der Waals surface area contributed by atoms with Crippen LogP contribution in [0.3, 0.4) is 0 Å². The number of nitrogens with zero attached hydrogens (tertiary/aromatic N) is 2. The van der Waals surface area contributed by atoms with Gasteiger partial charge in [-0.3, -0.25) is 0 Å². The smallest absolute Gasteiger partial charge is 0.347 e. The number of aliphatic carboxylic acids is 1. The number of aromatic nitrogens is 2. The van der Waals surface area contributed by atoms with Gasteiger partial charge >= 0.3 is 11.9 Å². The van der Waals surface area contributed by atoms with Crippen LogP contribution < -0.4 is 4.74 Å². The number of hydrogen-bond acceptors (Lipinski definition) is 5. The predicted molar refractivity (Wildman–Crippen MR) is 132 cm³/mol. The lowest BCUT2D eigenvalue weighted by atomic mass is 10.0. The van der Waals surface area contributed by atoms with Crippen molar-refractivity contribution in [1.82, 2.24) is 9.78 Å². The highest BCUT2D eigenvalue weighted by Gasteiger charge is 2.29. The molecule has 0 saturated heterocycles. The van der Waals surface area contributed by atoms with E-state index >= 15 is 0 Å². The minimum Gasteiger partial charge on any atom is -0.478 e. The highest BCUT2D eigenvalue weighted by atomic mass is 16.5. The summed E-state index contributed by atoms with van der Waals surface area (Å²) < 4.78 is 12.7. The quantitative estimate of drug-likeness (QED) is 0.345. The van der Waals surface area contributed by atoms with Crippen LogP contribution in [0, 0.1) is 6.92 Å². The Morgan fingerprint density at radius 2 is 1.69 bits per heavy atom. The second-order valence-electron chi connectivity index (χ2n) is 8.65. The first-order valence-corrected chi connectivity index (χ1v) is 11.1. The number of ether oxygens (including phenoxy) is 2. The molecular weight excluding hydrogens is 444 g/mol. The van der Waals surface area contributed by atoms with Crippen molar-refractivity contribution in [3.63, 3.8) is 0 Å². The minimum atomic E-state index is -1.38. The number of carboxylic acid groups (broad SMARTS) is 1. The molecular formula is C28H26N2O5. The maximum Gasteiger partial charge on any atom is 0.347 e. The molecule has 1 heterocycles. The molecule has 7 nitrogen and oxygen atoms in total. The third-order valence-electron chi connectivity index (χ3n) is 5.54. The average Bonchev–Trinajstić information content (AvgIpc) is 3.31. The lowest BCUT2D eigenvalue weighted by Crippen LogP contribution is -2.37. The number of carbonyl (C=O) groups is 2. The van der Waals surface area contributed by atoms with Crippen molar-refractivity contribution < 1.29 is 24.2 Å². The van der Waals surface area contributed by atoms with Crippen LogP contribution in [0.25, 0.3) is 16.8 Å². The average molecular weight is 471 g/mol. The molecule has 0 spiro atoms. The van der Waals surface area contributed by atoms with Gasteiger partial charge in [0.1, 0.15) is 12.4 Å². The second kappa shape index (κ2) is 9.85. The number of para-hydroxylation sites is 1. The SMILES string of the molecule is Cc1cccc(-c2ccccc2)c1-n1cc(COC(=O)c2ccc(OC(C)(C)C(=O)O)cc2)cn1. The Labute approximate surface area is 203 Å². The van der Waals surface area contributed by atoms with E-state index < -0.39 is 17.5 Å². The molecule has 0 amide bonds. The molecule has 0 unspecified atom stereocenters. The Morgan fingerprint density at radius 3 is 2.37 bits per heavy atom. The number of rotatable bonds is 8. The summed E-state index contributed by atoms with van der Waals surface area (Å²) in [5.74, 6) is -1.23. The highest BCUT2D eigenvalue weighted by Crippen LogP contribution is 2.29. The molecule has 0 bridgehead atoms. The summed E-state index contributed by atoms with van der Waals surface area (Å²) >= 11 is 0. The largest absolute Gasteiger partial charge is 0.478 e. The molecule has 0 saturated carbocycles. The van der Waals surface area contributed by atoms with Crippen molar-refractivity contribution >= 4 is 11.9 Å². The molecule has 1 N–H and O–H groups in total. The van der Waals surface area contributed by atoms with Gasteiger partial charge in [0.15, 0.2) is 5.60 Å². The standard InChI is InChI=1S/C28H26N2O5/c1-19-8-7-11-24(21-9-5-4-6-10-21)25(19)30-17-20(16-29-30)18-34-26(31)22-12-14-23(15-13-22)35-28(2,3)27(32)33/h4-17H,18H2,1-3H3,(H,32,33). The van der Waals surface area contributed by atoms with Crippen molar-refractivity contribution in [3.8, 4) is 22.6 Å². The summed E-state index contributed by atoms with van der Waals surface area (Å²) in [6.45, 7) is 5.01. The third-order valence-corrected chi connectivity index (χ3v) is 5.54. The predicted octanol–water partition coefficient (Wildman–Crippen LogP) is 5.45. The fourth-order valence-corrected chi connectivity index (χ4v) is 3.60. The Morgan fingerprint density at radius 1 is 0.971 bits per heavy atom. The molecule has 0 atom stereocenters. The molecule has 1 aromatic heterocycles. The monoisotopic (exact) mass is 470 g/mol. The molecule has 0 aliphatic carbocycles. The molecule has 35 heavy (non-hydrogen) atoms. The highest BCUT2D eigenvalue weighted by molar-refractivity contribution is 5.89. The van der Waals surface area contributed by atoms with Crippen LogP contribution >= 0.6 is 0 Å². The number of benzene rings is 3. The zero-order valence-corrected chi connectivity index (χ0v) is 19.8. The van der Waals surface area contributed by atoms with Gasteiger partial charge in [-0.25, -0.2) is 14.3 Å². The van der Waals surface area contributed by atoms with Crippen molar-refractivity contribution in [2.45, 2.75) is 33.0 Å². The molecule has 7 heteroatoms. The molecule has 4 aromatic rings. The van der Waals surface area contributed by atoms with E-state index in [1.807, 2.05) is 43.5 Å². The van der Waals surface area contributed by atoms with Crippen molar-refractivity contribution in [3.05, 3.63) is 102 Å². The van der Waals surface area contributed by atoms with Gasteiger partial charge < -0.3 is 14.6 Å². The summed E-state index contributed by atoms with van der Waals surface area (Å²) in [6, 6.07) is 22.4. The van der Waals surface area contributed by atoms with E-state index in [0.29, 0.717) is 11.3 Å². The van der Waals surface area contributed by atoms with E-state index in [-0.39, 0.29) is 6.61 Å². The first-order valence-electron chi connectivity index (χ1n) is 11.1. The van der Waals surface area contributed by atoms with Crippen LogP contribution in [0.4, 0.5) is 0 Å². The van der Waals surface area contributed by atoms with Gasteiger partial charge in [0, 0.05) is 17.3 Å². The van der Waals surface area contributed by atoms with E-state index in [4.69, 9.17) is 9.47 Å². The maximum absolute atomic E-state index is 12.5. The third kappa shape index (κ3) is 5.41. The van der Waals surface area contributed by atoms with E-state index in [0.717, 1.165) is 27.9 Å². The molecule has 4 rings (SSSR count). The summed E-state index contributed by atoms with van der Waals surface area (Å²) in [6.07, 6.45) is 3.53. The molecule has 178 valence electrons. The molecule has 0 aliphatic heterocycles. The lowest BCUT2D eigenvalue weighted by molar-refractivity contribution is -0.152. The minimum absolute atomic E-state index is 0.0652. The topological polar surface area (TPSA) is 90.7 Å². The second-order valence-corrected chi connectivity index (χ2v) is 8.65. The molecule has 0 radical (unpaired) electrons. The summed E-state index contributed by atoms with van der Waals surface area (Å²) in [5.41, 5.74) is 3.91. The molecule has 0 aliphatic rings. The zero-order valence-electron chi connectivity index (χ0n) is 19.8. The Hall–Kier alpha value is -4.39. The van der Waals surface area contributed by atoms with E-state index in [9.17, 15) is 14.7 Å². The first-order chi connectivity index (χ1) is 16.7. The van der Waals surface area contributed by atoms with Crippen LogP contribution in [0.1, 0.15) is 35.3 Å². The van der Waals surface area contributed by atoms with Crippen molar-refractivity contribution in [2.24, 2.45) is 0 Å².